The highest BCUT2D eigenvalue weighted by molar-refractivity contribution is 6.04. The number of hydrogen-bond donors (Lipinski definition) is 1. The van der Waals surface area contributed by atoms with Crippen LogP contribution in [-0.2, 0) is 0 Å². The zero-order valence-electron chi connectivity index (χ0n) is 16.6. The summed E-state index contributed by atoms with van der Waals surface area (Å²) in [5.74, 6) is 2.10. The molecular formula is C24H25NO4. The van der Waals surface area contributed by atoms with Crippen molar-refractivity contribution >= 4 is 11.6 Å². The van der Waals surface area contributed by atoms with Crippen molar-refractivity contribution in [3.8, 4) is 17.2 Å². The number of hydrogen-bond acceptors (Lipinski definition) is 4. The Labute approximate surface area is 171 Å². The van der Waals surface area contributed by atoms with Crippen molar-refractivity contribution in [2.75, 3.05) is 18.5 Å². The van der Waals surface area contributed by atoms with Gasteiger partial charge in [0.25, 0.3) is 5.91 Å². The van der Waals surface area contributed by atoms with Crippen molar-refractivity contribution in [2.24, 2.45) is 0 Å². The van der Waals surface area contributed by atoms with Gasteiger partial charge < -0.3 is 19.5 Å². The molecule has 5 heteroatoms. The Morgan fingerprint density at radius 3 is 1.90 bits per heavy atom. The highest BCUT2D eigenvalue weighted by Crippen LogP contribution is 2.18. The van der Waals surface area contributed by atoms with Crippen molar-refractivity contribution in [1.29, 1.82) is 0 Å². The Balaban J connectivity index is 1.45. The zero-order valence-corrected chi connectivity index (χ0v) is 16.6. The first-order valence-electron chi connectivity index (χ1n) is 9.59. The molecule has 0 unspecified atom stereocenters. The smallest absolute Gasteiger partial charge is 0.255 e. The lowest BCUT2D eigenvalue weighted by Gasteiger charge is -2.11. The number of carbonyl (C=O) groups is 1. The molecule has 1 amide bonds. The van der Waals surface area contributed by atoms with Crippen LogP contribution in [-0.4, -0.2) is 25.2 Å². The lowest BCUT2D eigenvalue weighted by molar-refractivity contribution is 0.102. The van der Waals surface area contributed by atoms with E-state index in [0.717, 1.165) is 17.2 Å². The van der Waals surface area contributed by atoms with Crippen molar-refractivity contribution in [2.45, 2.75) is 20.0 Å². The lowest BCUT2D eigenvalue weighted by Crippen LogP contribution is -2.12. The van der Waals surface area contributed by atoms with Crippen LogP contribution in [0, 0.1) is 0 Å². The largest absolute Gasteiger partial charge is 0.491 e. The van der Waals surface area contributed by atoms with Gasteiger partial charge in [-0.3, -0.25) is 4.79 Å². The molecule has 5 nitrogen and oxygen atoms in total. The van der Waals surface area contributed by atoms with Gasteiger partial charge in [-0.1, -0.05) is 18.2 Å². The van der Waals surface area contributed by atoms with E-state index in [-0.39, 0.29) is 12.0 Å². The van der Waals surface area contributed by atoms with Crippen molar-refractivity contribution in [1.82, 2.24) is 0 Å². The standard InChI is InChI=1S/C24H25NO4/c1-18(2)29-23-12-8-19(9-13-23)24(26)25-20-10-14-22(15-11-20)28-17-16-27-21-6-4-3-5-7-21/h3-15,18H,16-17H2,1-2H3,(H,25,26). The first kappa shape index (κ1) is 20.3. The van der Waals surface area contributed by atoms with Crippen molar-refractivity contribution in [3.05, 3.63) is 84.4 Å². The molecular weight excluding hydrogens is 366 g/mol. The lowest BCUT2D eigenvalue weighted by atomic mass is 10.2. The van der Waals surface area contributed by atoms with Gasteiger partial charge in [-0.25, -0.2) is 0 Å². The summed E-state index contributed by atoms with van der Waals surface area (Å²) in [4.78, 5) is 12.4. The van der Waals surface area contributed by atoms with E-state index in [1.54, 1.807) is 24.3 Å². The number of nitrogens with one attached hydrogen (secondary N) is 1. The molecule has 150 valence electrons. The van der Waals surface area contributed by atoms with Crippen LogP contribution >= 0.6 is 0 Å². The molecule has 3 aromatic carbocycles. The normalized spacial score (nSPS) is 10.4. The number of amides is 1. The predicted octanol–water partition coefficient (Wildman–Crippen LogP) is 5.18. The van der Waals surface area contributed by atoms with Crippen LogP contribution in [0.4, 0.5) is 5.69 Å². The van der Waals surface area contributed by atoms with Crippen LogP contribution in [0.5, 0.6) is 17.2 Å². The van der Waals surface area contributed by atoms with Crippen molar-refractivity contribution < 1.29 is 19.0 Å². The van der Waals surface area contributed by atoms with Crippen LogP contribution < -0.4 is 19.5 Å². The second-order valence-electron chi connectivity index (χ2n) is 6.68. The Morgan fingerprint density at radius 1 is 0.759 bits per heavy atom. The van der Waals surface area contributed by atoms with E-state index in [2.05, 4.69) is 5.32 Å². The molecule has 0 aliphatic heterocycles. The zero-order chi connectivity index (χ0) is 20.5. The molecule has 0 heterocycles. The maximum absolute atomic E-state index is 12.4. The van der Waals surface area contributed by atoms with Gasteiger partial charge in [0.2, 0.25) is 0 Å². The van der Waals surface area contributed by atoms with Crippen molar-refractivity contribution in [3.63, 3.8) is 0 Å². The first-order chi connectivity index (χ1) is 14.1. The van der Waals surface area contributed by atoms with E-state index in [4.69, 9.17) is 14.2 Å². The average Bonchev–Trinajstić information content (AvgIpc) is 2.73. The number of rotatable bonds is 9. The summed E-state index contributed by atoms with van der Waals surface area (Å²) in [5.41, 5.74) is 1.27. The van der Waals surface area contributed by atoms with E-state index < -0.39 is 0 Å². The number of carbonyl (C=O) groups excluding carboxylic acids is 1. The second-order valence-corrected chi connectivity index (χ2v) is 6.68. The molecule has 1 N–H and O–H groups in total. The van der Waals surface area contributed by atoms with Crippen LogP contribution in [0.2, 0.25) is 0 Å². The van der Waals surface area contributed by atoms with E-state index in [9.17, 15) is 4.79 Å². The molecule has 0 spiro atoms. The fraction of sp³-hybridized carbons (Fsp3) is 0.208. The van der Waals surface area contributed by atoms with Gasteiger partial charge in [0.15, 0.2) is 0 Å². The minimum atomic E-state index is -0.175. The van der Waals surface area contributed by atoms with Crippen LogP contribution in [0.3, 0.4) is 0 Å². The Kier molecular flexibility index (Phi) is 7.11. The molecule has 0 aliphatic carbocycles. The summed E-state index contributed by atoms with van der Waals surface area (Å²) in [6.45, 7) is 4.82. The average molecular weight is 391 g/mol. The van der Waals surface area contributed by atoms with E-state index in [1.807, 2.05) is 68.4 Å². The van der Waals surface area contributed by atoms with Gasteiger partial charge >= 0.3 is 0 Å². The number of para-hydroxylation sites is 1. The minimum Gasteiger partial charge on any atom is -0.491 e. The third-order valence-corrected chi connectivity index (χ3v) is 3.96. The maximum Gasteiger partial charge on any atom is 0.255 e. The van der Waals surface area contributed by atoms with Gasteiger partial charge in [0.1, 0.15) is 30.5 Å². The third-order valence-electron chi connectivity index (χ3n) is 3.96. The summed E-state index contributed by atoms with van der Waals surface area (Å²) in [6.07, 6.45) is 0.0975. The number of ether oxygens (including phenoxy) is 3. The molecule has 0 saturated carbocycles. The SMILES string of the molecule is CC(C)Oc1ccc(C(=O)Nc2ccc(OCCOc3ccccc3)cc2)cc1. The molecule has 0 radical (unpaired) electrons. The highest BCUT2D eigenvalue weighted by Gasteiger charge is 2.07. The molecule has 0 aliphatic rings. The van der Waals surface area contributed by atoms with Crippen LogP contribution in [0.15, 0.2) is 78.9 Å². The Morgan fingerprint density at radius 2 is 1.31 bits per heavy atom. The molecule has 3 rings (SSSR count). The maximum atomic E-state index is 12.4. The summed E-state index contributed by atoms with van der Waals surface area (Å²) in [7, 11) is 0. The molecule has 0 aromatic heterocycles. The second kappa shape index (κ2) is 10.2. The number of benzene rings is 3. The topological polar surface area (TPSA) is 56.8 Å². The molecule has 0 fully saturated rings. The Bertz CT molecular complexity index is 890. The van der Waals surface area contributed by atoms with Gasteiger partial charge in [-0.2, -0.15) is 0 Å². The molecule has 0 atom stereocenters. The molecule has 29 heavy (non-hydrogen) atoms. The third kappa shape index (κ3) is 6.57. The number of anilines is 1. The van der Waals surface area contributed by atoms with Gasteiger partial charge in [0, 0.05) is 11.3 Å². The highest BCUT2D eigenvalue weighted by atomic mass is 16.5. The minimum absolute atomic E-state index is 0.0975. The molecule has 0 saturated heterocycles. The summed E-state index contributed by atoms with van der Waals surface area (Å²) >= 11 is 0. The summed E-state index contributed by atoms with van der Waals surface area (Å²) in [6, 6.07) is 23.9. The first-order valence-corrected chi connectivity index (χ1v) is 9.59. The van der Waals surface area contributed by atoms with Gasteiger partial charge in [0.05, 0.1) is 6.10 Å². The van der Waals surface area contributed by atoms with Crippen LogP contribution in [0.25, 0.3) is 0 Å². The van der Waals surface area contributed by atoms with E-state index >= 15 is 0 Å². The van der Waals surface area contributed by atoms with E-state index in [1.165, 1.54) is 0 Å². The summed E-state index contributed by atoms with van der Waals surface area (Å²) < 4.78 is 16.8. The quantitative estimate of drug-likeness (QED) is 0.511. The predicted molar refractivity (Wildman–Crippen MR) is 114 cm³/mol. The Hall–Kier alpha value is -3.47. The van der Waals surface area contributed by atoms with Gasteiger partial charge in [-0.05, 0) is 74.5 Å². The fourth-order valence-electron chi connectivity index (χ4n) is 2.63. The van der Waals surface area contributed by atoms with E-state index in [0.29, 0.717) is 24.5 Å². The van der Waals surface area contributed by atoms with Crippen LogP contribution in [0.1, 0.15) is 24.2 Å². The fourth-order valence-corrected chi connectivity index (χ4v) is 2.63. The molecule has 0 bridgehead atoms. The molecule has 3 aromatic rings. The summed E-state index contributed by atoms with van der Waals surface area (Å²) in [5, 5.41) is 2.87. The van der Waals surface area contributed by atoms with Gasteiger partial charge in [-0.15, -0.1) is 0 Å². The monoisotopic (exact) mass is 391 g/mol.